The second-order valence-electron chi connectivity index (χ2n) is 5.16. The van der Waals surface area contributed by atoms with Gasteiger partial charge in [-0.3, -0.25) is 9.69 Å². The van der Waals surface area contributed by atoms with Gasteiger partial charge < -0.3 is 5.32 Å². The van der Waals surface area contributed by atoms with Crippen molar-refractivity contribution in [2.75, 3.05) is 13.1 Å². The number of nitrogens with one attached hydrogen (secondary N) is 1. The maximum atomic E-state index is 11.9. The summed E-state index contributed by atoms with van der Waals surface area (Å²) in [6.07, 6.45) is 7.63. The molecule has 0 aromatic rings. The number of hydrogen-bond donors (Lipinski definition) is 1. The summed E-state index contributed by atoms with van der Waals surface area (Å²) in [6, 6.07) is 3.11. The number of amides is 1. The smallest absolute Gasteiger partial charge is 0.234 e. The van der Waals surface area contributed by atoms with E-state index in [1.54, 1.807) is 0 Å². The molecule has 0 heterocycles. The van der Waals surface area contributed by atoms with Crippen molar-refractivity contribution in [3.63, 3.8) is 0 Å². The van der Waals surface area contributed by atoms with Crippen LogP contribution in [-0.4, -0.2) is 36.0 Å². The molecule has 0 atom stereocenters. The van der Waals surface area contributed by atoms with Crippen molar-refractivity contribution >= 4 is 5.91 Å². The molecule has 0 unspecified atom stereocenters. The fourth-order valence-electron chi connectivity index (χ4n) is 2.55. The van der Waals surface area contributed by atoms with Crippen LogP contribution in [0.2, 0.25) is 0 Å². The summed E-state index contributed by atoms with van der Waals surface area (Å²) in [7, 11) is 0. The van der Waals surface area contributed by atoms with Crippen molar-refractivity contribution in [3.05, 3.63) is 0 Å². The topological polar surface area (TPSA) is 56.1 Å². The minimum Gasteiger partial charge on any atom is -0.352 e. The van der Waals surface area contributed by atoms with E-state index in [9.17, 15) is 4.79 Å². The summed E-state index contributed by atoms with van der Waals surface area (Å²) in [4.78, 5) is 14.0. The molecule has 17 heavy (non-hydrogen) atoms. The van der Waals surface area contributed by atoms with Gasteiger partial charge in [0.15, 0.2) is 0 Å². The van der Waals surface area contributed by atoms with E-state index in [0.29, 0.717) is 25.0 Å². The summed E-state index contributed by atoms with van der Waals surface area (Å²) < 4.78 is 0. The molecule has 0 radical (unpaired) electrons. The quantitative estimate of drug-likeness (QED) is 0.757. The molecule has 0 aromatic heterocycles. The van der Waals surface area contributed by atoms with Crippen LogP contribution in [-0.2, 0) is 4.79 Å². The highest BCUT2D eigenvalue weighted by molar-refractivity contribution is 5.78. The lowest BCUT2D eigenvalue weighted by molar-refractivity contribution is -0.123. The van der Waals surface area contributed by atoms with E-state index in [4.69, 9.17) is 5.26 Å². The molecule has 0 bridgehead atoms. The predicted octanol–water partition coefficient (Wildman–Crippen LogP) is 1.42. The van der Waals surface area contributed by atoms with E-state index < -0.39 is 0 Å². The maximum absolute atomic E-state index is 11.9. The predicted molar refractivity (Wildman–Crippen MR) is 65.2 cm³/mol. The first kappa shape index (κ1) is 12.4. The molecular formula is C13H21N3O. The van der Waals surface area contributed by atoms with E-state index >= 15 is 0 Å². The summed E-state index contributed by atoms with van der Waals surface area (Å²) in [5, 5.41) is 11.7. The fourth-order valence-corrected chi connectivity index (χ4v) is 2.55. The minimum absolute atomic E-state index is 0.140. The second-order valence-corrected chi connectivity index (χ2v) is 5.16. The van der Waals surface area contributed by atoms with Crippen LogP contribution in [0.25, 0.3) is 0 Å². The molecule has 2 fully saturated rings. The van der Waals surface area contributed by atoms with Gasteiger partial charge in [-0.1, -0.05) is 12.8 Å². The third-order valence-electron chi connectivity index (χ3n) is 3.64. The van der Waals surface area contributed by atoms with Crippen LogP contribution in [0.3, 0.4) is 0 Å². The number of nitriles is 1. The van der Waals surface area contributed by atoms with Crippen LogP contribution < -0.4 is 5.32 Å². The average Bonchev–Trinajstić information content (AvgIpc) is 3.04. The normalized spacial score (nSPS) is 20.5. The van der Waals surface area contributed by atoms with Crippen molar-refractivity contribution in [2.24, 2.45) is 0 Å². The standard InChI is InChI=1S/C13H21N3O/c14-8-3-9-16(12-6-7-12)10-13(17)15-11-4-1-2-5-11/h11-12H,1-7,9-10H2,(H,15,17). The Balaban J connectivity index is 1.72. The third-order valence-corrected chi connectivity index (χ3v) is 3.64. The molecule has 2 rings (SSSR count). The lowest BCUT2D eigenvalue weighted by Gasteiger charge is -2.21. The molecule has 0 spiro atoms. The monoisotopic (exact) mass is 235 g/mol. The number of carbonyl (C=O) groups is 1. The molecule has 1 amide bonds. The maximum Gasteiger partial charge on any atom is 0.234 e. The van der Waals surface area contributed by atoms with Gasteiger partial charge in [0.05, 0.1) is 12.6 Å². The minimum atomic E-state index is 0.140. The van der Waals surface area contributed by atoms with Crippen LogP contribution in [0.15, 0.2) is 0 Å². The Morgan fingerprint density at radius 2 is 2.00 bits per heavy atom. The second kappa shape index (κ2) is 6.02. The van der Waals surface area contributed by atoms with Crippen LogP contribution in [0, 0.1) is 11.3 Å². The van der Waals surface area contributed by atoms with Crippen LogP contribution in [0.4, 0.5) is 0 Å². The molecule has 2 aliphatic carbocycles. The highest BCUT2D eigenvalue weighted by Crippen LogP contribution is 2.26. The van der Waals surface area contributed by atoms with Crippen molar-refractivity contribution in [2.45, 2.75) is 57.0 Å². The lowest BCUT2D eigenvalue weighted by Crippen LogP contribution is -2.42. The van der Waals surface area contributed by atoms with E-state index in [2.05, 4.69) is 16.3 Å². The lowest BCUT2D eigenvalue weighted by atomic mass is 10.2. The van der Waals surface area contributed by atoms with Gasteiger partial charge in [-0.2, -0.15) is 5.26 Å². The highest BCUT2D eigenvalue weighted by Gasteiger charge is 2.30. The van der Waals surface area contributed by atoms with E-state index in [0.717, 1.165) is 19.4 Å². The Labute approximate surface area is 103 Å². The summed E-state index contributed by atoms with van der Waals surface area (Å²) >= 11 is 0. The first-order valence-electron chi connectivity index (χ1n) is 6.70. The highest BCUT2D eigenvalue weighted by atomic mass is 16.2. The summed E-state index contributed by atoms with van der Waals surface area (Å²) in [6.45, 7) is 1.21. The van der Waals surface area contributed by atoms with Gasteiger partial charge in [0.1, 0.15) is 0 Å². The van der Waals surface area contributed by atoms with E-state index in [-0.39, 0.29) is 5.91 Å². The molecule has 0 aliphatic heterocycles. The van der Waals surface area contributed by atoms with Gasteiger partial charge in [0, 0.05) is 25.0 Å². The first-order chi connectivity index (χ1) is 8.29. The first-order valence-corrected chi connectivity index (χ1v) is 6.70. The number of hydrogen-bond acceptors (Lipinski definition) is 3. The van der Waals surface area contributed by atoms with Crippen molar-refractivity contribution in [3.8, 4) is 6.07 Å². The number of carbonyl (C=O) groups excluding carboxylic acids is 1. The van der Waals surface area contributed by atoms with Gasteiger partial charge in [-0.25, -0.2) is 0 Å². The number of nitrogens with zero attached hydrogens (tertiary/aromatic N) is 2. The molecule has 0 aromatic carbocycles. The number of rotatable bonds is 6. The molecule has 0 saturated heterocycles. The zero-order valence-corrected chi connectivity index (χ0v) is 10.3. The Hall–Kier alpha value is -1.08. The summed E-state index contributed by atoms with van der Waals surface area (Å²) in [5.41, 5.74) is 0. The molecule has 4 heteroatoms. The van der Waals surface area contributed by atoms with Crippen LogP contribution in [0.1, 0.15) is 44.9 Å². The molecule has 94 valence electrons. The van der Waals surface area contributed by atoms with Gasteiger partial charge in [0.2, 0.25) is 5.91 Å². The van der Waals surface area contributed by atoms with E-state index in [1.165, 1.54) is 25.7 Å². The average molecular weight is 235 g/mol. The third kappa shape index (κ3) is 4.01. The summed E-state index contributed by atoms with van der Waals surface area (Å²) in [5.74, 6) is 0.140. The zero-order valence-electron chi connectivity index (χ0n) is 10.3. The zero-order chi connectivity index (χ0) is 12.1. The van der Waals surface area contributed by atoms with Crippen molar-refractivity contribution in [1.29, 1.82) is 5.26 Å². The Morgan fingerprint density at radius 3 is 2.59 bits per heavy atom. The Kier molecular flexibility index (Phi) is 4.38. The van der Waals surface area contributed by atoms with Crippen molar-refractivity contribution in [1.82, 2.24) is 10.2 Å². The Bertz CT molecular complexity index is 300. The largest absolute Gasteiger partial charge is 0.352 e. The van der Waals surface area contributed by atoms with Gasteiger partial charge in [0.25, 0.3) is 0 Å². The van der Waals surface area contributed by atoms with Gasteiger partial charge in [-0.05, 0) is 25.7 Å². The molecule has 2 saturated carbocycles. The van der Waals surface area contributed by atoms with Crippen LogP contribution in [0.5, 0.6) is 0 Å². The van der Waals surface area contributed by atoms with Crippen LogP contribution >= 0.6 is 0 Å². The molecule has 4 nitrogen and oxygen atoms in total. The molecule has 2 aliphatic rings. The van der Waals surface area contributed by atoms with Crippen molar-refractivity contribution < 1.29 is 4.79 Å². The fraction of sp³-hybridized carbons (Fsp3) is 0.846. The van der Waals surface area contributed by atoms with Gasteiger partial charge >= 0.3 is 0 Å². The SMILES string of the molecule is N#CCCN(CC(=O)NC1CCCC1)C1CC1. The molecular weight excluding hydrogens is 214 g/mol. The Morgan fingerprint density at radius 1 is 1.29 bits per heavy atom. The molecule has 1 N–H and O–H groups in total. The van der Waals surface area contributed by atoms with E-state index in [1.807, 2.05) is 0 Å². The van der Waals surface area contributed by atoms with Gasteiger partial charge in [-0.15, -0.1) is 0 Å².